The lowest BCUT2D eigenvalue weighted by atomic mass is 10.1. The predicted octanol–water partition coefficient (Wildman–Crippen LogP) is 5.18. The van der Waals surface area contributed by atoms with Crippen LogP contribution in [0.5, 0.6) is 17.2 Å². The van der Waals surface area contributed by atoms with Gasteiger partial charge in [-0.25, -0.2) is 0 Å². The molecule has 0 atom stereocenters. The highest BCUT2D eigenvalue weighted by molar-refractivity contribution is 5.95. The van der Waals surface area contributed by atoms with E-state index in [1.807, 2.05) is 4.90 Å². The number of fused-ring (bicyclic) bond motifs is 2. The lowest BCUT2D eigenvalue weighted by Gasteiger charge is -2.35. The van der Waals surface area contributed by atoms with E-state index in [4.69, 9.17) is 14.2 Å². The summed E-state index contributed by atoms with van der Waals surface area (Å²) in [6.45, 7) is 5.00. The molecule has 1 fully saturated rings. The molecule has 1 amide bonds. The third-order valence-corrected chi connectivity index (χ3v) is 7.32. The highest BCUT2D eigenvalue weighted by Gasteiger charge is 2.25. The van der Waals surface area contributed by atoms with Gasteiger partial charge >= 0.3 is 0 Å². The highest BCUT2D eigenvalue weighted by atomic mass is 16.5. The van der Waals surface area contributed by atoms with Crippen molar-refractivity contribution in [3.63, 3.8) is 0 Å². The van der Waals surface area contributed by atoms with Crippen LogP contribution in [0.2, 0.25) is 0 Å². The molecule has 7 heteroatoms. The summed E-state index contributed by atoms with van der Waals surface area (Å²) in [6, 6.07) is 20.6. The number of hydrogen-bond donors (Lipinski definition) is 0. The Morgan fingerprint density at radius 3 is 1.82 bits per heavy atom. The van der Waals surface area contributed by atoms with Crippen LogP contribution in [0.1, 0.15) is 27.9 Å². The van der Waals surface area contributed by atoms with Crippen molar-refractivity contribution in [1.82, 2.24) is 9.80 Å². The average molecular weight is 514 g/mol. The summed E-state index contributed by atoms with van der Waals surface area (Å²) in [5, 5.41) is 0. The van der Waals surface area contributed by atoms with Gasteiger partial charge in [0.05, 0.1) is 21.3 Å². The molecule has 0 N–H and O–H groups in total. The standard InChI is InChI=1S/C31H35N3O4/c1-36-28-21-25(22-29(37-2)30(28)38-3)31(35)33-19-17-32(18-20-33)15-8-16-34-26-11-6-4-9-23(26)13-14-24-10-5-7-12-27(24)34/h4-7,9-14,21-22H,8,15-20H2,1-3H3. The molecule has 0 bridgehead atoms. The Kier molecular flexibility index (Phi) is 7.84. The monoisotopic (exact) mass is 513 g/mol. The van der Waals surface area contributed by atoms with Crippen LogP contribution >= 0.6 is 0 Å². The minimum absolute atomic E-state index is 0.0193. The second-order valence-electron chi connectivity index (χ2n) is 9.50. The second kappa shape index (κ2) is 11.6. The van der Waals surface area contributed by atoms with Gasteiger partial charge in [0.1, 0.15) is 0 Å². The van der Waals surface area contributed by atoms with Crippen molar-refractivity contribution in [1.29, 1.82) is 0 Å². The molecular weight excluding hydrogens is 478 g/mol. The van der Waals surface area contributed by atoms with Crippen LogP contribution in [0.25, 0.3) is 12.2 Å². The Hall–Kier alpha value is -3.97. The molecule has 0 spiro atoms. The Bertz CT molecular complexity index is 1240. The van der Waals surface area contributed by atoms with Crippen LogP contribution in [0.15, 0.2) is 60.7 Å². The first-order chi connectivity index (χ1) is 18.6. The number of piperazine rings is 1. The van der Waals surface area contributed by atoms with Crippen molar-refractivity contribution in [2.24, 2.45) is 0 Å². The van der Waals surface area contributed by atoms with Crippen LogP contribution in [-0.4, -0.2) is 76.3 Å². The number of nitrogens with zero attached hydrogens (tertiary/aromatic N) is 3. The smallest absolute Gasteiger partial charge is 0.254 e. The summed E-state index contributed by atoms with van der Waals surface area (Å²) in [6.07, 6.45) is 5.44. The molecule has 0 saturated carbocycles. The minimum atomic E-state index is -0.0193. The number of hydrogen-bond acceptors (Lipinski definition) is 6. The van der Waals surface area contributed by atoms with Crippen LogP contribution in [0, 0.1) is 0 Å². The molecule has 7 nitrogen and oxygen atoms in total. The fraction of sp³-hybridized carbons (Fsp3) is 0.323. The Morgan fingerprint density at radius 1 is 0.737 bits per heavy atom. The number of para-hydroxylation sites is 2. The van der Waals surface area contributed by atoms with Gasteiger partial charge in [-0.2, -0.15) is 0 Å². The largest absolute Gasteiger partial charge is 0.493 e. The fourth-order valence-corrected chi connectivity index (χ4v) is 5.31. The normalized spacial score (nSPS) is 14.9. The topological polar surface area (TPSA) is 54.5 Å². The molecule has 0 unspecified atom stereocenters. The molecule has 0 radical (unpaired) electrons. The van der Waals surface area contributed by atoms with Gasteiger partial charge in [0.15, 0.2) is 11.5 Å². The molecule has 2 heterocycles. The third kappa shape index (κ3) is 5.20. The average Bonchev–Trinajstić information content (AvgIpc) is 3.13. The van der Waals surface area contributed by atoms with E-state index < -0.39 is 0 Å². The summed E-state index contributed by atoms with van der Waals surface area (Å²) in [4.78, 5) is 20.1. The summed E-state index contributed by atoms with van der Waals surface area (Å²) >= 11 is 0. The number of carbonyl (C=O) groups excluding carboxylic acids is 1. The lowest BCUT2D eigenvalue weighted by Crippen LogP contribution is -2.49. The molecule has 3 aromatic rings. The molecule has 3 aromatic carbocycles. The molecule has 0 aliphatic carbocycles. The number of ether oxygens (including phenoxy) is 3. The van der Waals surface area contributed by atoms with E-state index in [2.05, 4.69) is 70.5 Å². The first-order valence-electron chi connectivity index (χ1n) is 13.1. The molecule has 198 valence electrons. The minimum Gasteiger partial charge on any atom is -0.493 e. The molecule has 5 rings (SSSR count). The Balaban J connectivity index is 1.19. The Morgan fingerprint density at radius 2 is 1.29 bits per heavy atom. The van der Waals surface area contributed by atoms with Gasteiger partial charge in [-0.15, -0.1) is 0 Å². The summed E-state index contributed by atoms with van der Waals surface area (Å²) in [5.74, 6) is 1.44. The van der Waals surface area contributed by atoms with E-state index in [-0.39, 0.29) is 5.91 Å². The zero-order valence-electron chi connectivity index (χ0n) is 22.4. The first-order valence-corrected chi connectivity index (χ1v) is 13.1. The van der Waals surface area contributed by atoms with Gasteiger partial charge in [0.25, 0.3) is 5.91 Å². The van der Waals surface area contributed by atoms with Gasteiger partial charge in [-0.1, -0.05) is 48.6 Å². The fourth-order valence-electron chi connectivity index (χ4n) is 5.31. The summed E-state index contributed by atoms with van der Waals surface area (Å²) < 4.78 is 16.2. The van der Waals surface area contributed by atoms with Crippen molar-refractivity contribution in [3.8, 4) is 17.2 Å². The highest BCUT2D eigenvalue weighted by Crippen LogP contribution is 2.39. The SMILES string of the molecule is COc1cc(C(=O)N2CCN(CCCN3c4ccccc4C=Cc4ccccc43)CC2)cc(OC)c1OC. The van der Waals surface area contributed by atoms with E-state index >= 15 is 0 Å². The van der Waals surface area contributed by atoms with Gasteiger partial charge in [-0.05, 0) is 48.4 Å². The molecule has 1 saturated heterocycles. The van der Waals surface area contributed by atoms with Gasteiger partial charge in [0, 0.05) is 49.7 Å². The van der Waals surface area contributed by atoms with Crippen molar-refractivity contribution >= 4 is 29.4 Å². The van der Waals surface area contributed by atoms with E-state index in [0.29, 0.717) is 35.9 Å². The van der Waals surface area contributed by atoms with Crippen LogP contribution in [0.4, 0.5) is 11.4 Å². The van der Waals surface area contributed by atoms with E-state index in [1.165, 1.54) is 22.5 Å². The quantitative estimate of drug-likeness (QED) is 0.414. The van der Waals surface area contributed by atoms with Crippen molar-refractivity contribution < 1.29 is 19.0 Å². The maximum Gasteiger partial charge on any atom is 0.254 e. The van der Waals surface area contributed by atoms with Gasteiger partial charge in [0.2, 0.25) is 5.75 Å². The predicted molar refractivity (Wildman–Crippen MR) is 152 cm³/mol. The van der Waals surface area contributed by atoms with E-state index in [1.54, 1.807) is 33.5 Å². The summed E-state index contributed by atoms with van der Waals surface area (Å²) in [7, 11) is 4.68. The van der Waals surface area contributed by atoms with Crippen molar-refractivity contribution in [2.45, 2.75) is 6.42 Å². The zero-order valence-corrected chi connectivity index (χ0v) is 22.4. The van der Waals surface area contributed by atoms with Crippen molar-refractivity contribution in [2.75, 3.05) is 65.5 Å². The number of amides is 1. The van der Waals surface area contributed by atoms with Gasteiger partial charge in [-0.3, -0.25) is 9.69 Å². The number of anilines is 2. The lowest BCUT2D eigenvalue weighted by molar-refractivity contribution is 0.0636. The first kappa shape index (κ1) is 25.7. The van der Waals surface area contributed by atoms with Gasteiger partial charge < -0.3 is 24.0 Å². The zero-order chi connectivity index (χ0) is 26.5. The molecule has 0 aromatic heterocycles. The van der Waals surface area contributed by atoms with Crippen LogP contribution in [0.3, 0.4) is 0 Å². The van der Waals surface area contributed by atoms with E-state index in [0.717, 1.165) is 32.6 Å². The molecule has 2 aliphatic heterocycles. The Labute approximate surface area is 224 Å². The number of carbonyl (C=O) groups is 1. The van der Waals surface area contributed by atoms with Crippen molar-refractivity contribution in [3.05, 3.63) is 77.4 Å². The van der Waals surface area contributed by atoms with Crippen LogP contribution < -0.4 is 19.1 Å². The molecule has 2 aliphatic rings. The second-order valence-corrected chi connectivity index (χ2v) is 9.50. The molecule has 38 heavy (non-hydrogen) atoms. The van der Waals surface area contributed by atoms with Crippen LogP contribution in [-0.2, 0) is 0 Å². The number of rotatable bonds is 8. The molecular formula is C31H35N3O4. The van der Waals surface area contributed by atoms with E-state index in [9.17, 15) is 4.79 Å². The maximum atomic E-state index is 13.3. The number of methoxy groups -OCH3 is 3. The number of benzene rings is 3. The summed E-state index contributed by atoms with van der Waals surface area (Å²) in [5.41, 5.74) is 5.51. The maximum absolute atomic E-state index is 13.3. The third-order valence-electron chi connectivity index (χ3n) is 7.32.